The Balaban J connectivity index is 1.69. The van der Waals surface area contributed by atoms with Gasteiger partial charge in [-0.25, -0.2) is 0 Å². The number of carbonyl (C=O) groups is 1. The summed E-state index contributed by atoms with van der Waals surface area (Å²) in [6.45, 7) is 2.34. The van der Waals surface area contributed by atoms with Crippen molar-refractivity contribution in [2.45, 2.75) is 19.6 Å². The Labute approximate surface area is 160 Å². The Kier molecular flexibility index (Phi) is 5.63. The van der Waals surface area contributed by atoms with Crippen LogP contribution in [0.4, 0.5) is 24.5 Å². The van der Waals surface area contributed by atoms with Gasteiger partial charge in [0.1, 0.15) is 0 Å². The highest BCUT2D eigenvalue weighted by atomic mass is 19.4. The van der Waals surface area contributed by atoms with Gasteiger partial charge in [-0.05, 0) is 36.8 Å². The van der Waals surface area contributed by atoms with Crippen molar-refractivity contribution in [1.82, 2.24) is 10.3 Å². The summed E-state index contributed by atoms with van der Waals surface area (Å²) < 4.78 is 38.5. The molecule has 0 unspecified atom stereocenters. The lowest BCUT2D eigenvalue weighted by Crippen LogP contribution is -2.23. The highest BCUT2D eigenvalue weighted by Gasteiger charge is 2.30. The van der Waals surface area contributed by atoms with Gasteiger partial charge in [0.15, 0.2) is 0 Å². The van der Waals surface area contributed by atoms with Crippen molar-refractivity contribution in [3.05, 3.63) is 89.2 Å². The van der Waals surface area contributed by atoms with Crippen molar-refractivity contribution in [3.8, 4) is 0 Å². The minimum Gasteiger partial charge on any atom is -0.354 e. The van der Waals surface area contributed by atoms with E-state index in [0.717, 1.165) is 23.3 Å². The zero-order chi connectivity index (χ0) is 20.1. The largest absolute Gasteiger partial charge is 0.416 e. The molecule has 0 aliphatic carbocycles. The monoisotopic (exact) mass is 385 g/mol. The van der Waals surface area contributed by atoms with Crippen molar-refractivity contribution in [1.29, 1.82) is 0 Å². The summed E-state index contributed by atoms with van der Waals surface area (Å²) in [7, 11) is 0. The number of aryl methyl sites for hydroxylation is 1. The molecule has 0 fully saturated rings. The molecule has 0 aliphatic heterocycles. The topological polar surface area (TPSA) is 54.0 Å². The van der Waals surface area contributed by atoms with E-state index >= 15 is 0 Å². The fourth-order valence-electron chi connectivity index (χ4n) is 2.68. The quantitative estimate of drug-likeness (QED) is 0.644. The third kappa shape index (κ3) is 5.09. The Morgan fingerprint density at radius 3 is 2.54 bits per heavy atom. The first-order chi connectivity index (χ1) is 13.3. The lowest BCUT2D eigenvalue weighted by atomic mass is 10.1. The molecular weight excluding hydrogens is 367 g/mol. The summed E-state index contributed by atoms with van der Waals surface area (Å²) in [6.07, 6.45) is -1.58. The van der Waals surface area contributed by atoms with Gasteiger partial charge in [-0.1, -0.05) is 35.9 Å². The predicted octanol–water partition coefficient (Wildman–Crippen LogP) is 5.08. The maximum atomic E-state index is 12.8. The second kappa shape index (κ2) is 8.12. The lowest BCUT2D eigenvalue weighted by Gasteiger charge is -2.11. The first kappa shape index (κ1) is 19.4. The Bertz CT molecular complexity index is 986. The molecule has 3 aromatic rings. The van der Waals surface area contributed by atoms with Crippen molar-refractivity contribution >= 4 is 17.3 Å². The number of pyridine rings is 1. The third-order valence-corrected chi connectivity index (χ3v) is 4.01. The molecule has 7 heteroatoms. The normalized spacial score (nSPS) is 11.1. The molecule has 1 aromatic heterocycles. The molecule has 3 rings (SSSR count). The molecule has 0 saturated heterocycles. The first-order valence-electron chi connectivity index (χ1n) is 8.54. The fourth-order valence-corrected chi connectivity index (χ4v) is 2.68. The lowest BCUT2D eigenvalue weighted by molar-refractivity contribution is -0.137. The molecule has 0 saturated carbocycles. The van der Waals surface area contributed by atoms with Crippen LogP contribution in [0.5, 0.6) is 0 Å². The van der Waals surface area contributed by atoms with E-state index in [2.05, 4.69) is 15.6 Å². The van der Waals surface area contributed by atoms with Crippen LogP contribution in [0.3, 0.4) is 0 Å². The zero-order valence-electron chi connectivity index (χ0n) is 15.0. The molecule has 1 amide bonds. The van der Waals surface area contributed by atoms with Crippen molar-refractivity contribution < 1.29 is 18.0 Å². The minimum absolute atomic E-state index is 0.258. The second-order valence-corrected chi connectivity index (χ2v) is 6.34. The number of hydrogen-bond acceptors (Lipinski definition) is 3. The van der Waals surface area contributed by atoms with E-state index in [9.17, 15) is 18.0 Å². The van der Waals surface area contributed by atoms with Crippen LogP contribution in [0.15, 0.2) is 67.0 Å². The van der Waals surface area contributed by atoms with Gasteiger partial charge >= 0.3 is 6.18 Å². The van der Waals surface area contributed by atoms with Crippen molar-refractivity contribution in [2.75, 3.05) is 5.32 Å². The summed E-state index contributed by atoms with van der Waals surface area (Å²) in [6, 6.07) is 14.1. The van der Waals surface area contributed by atoms with E-state index < -0.39 is 11.7 Å². The number of nitrogens with one attached hydrogen (secondary N) is 2. The maximum absolute atomic E-state index is 12.8. The molecule has 0 aliphatic rings. The smallest absolute Gasteiger partial charge is 0.354 e. The van der Waals surface area contributed by atoms with Gasteiger partial charge in [0.2, 0.25) is 0 Å². The Morgan fingerprint density at radius 1 is 1.00 bits per heavy atom. The summed E-state index contributed by atoms with van der Waals surface area (Å²) in [5, 5.41) is 5.66. The van der Waals surface area contributed by atoms with E-state index in [4.69, 9.17) is 0 Å². The van der Waals surface area contributed by atoms with Crippen LogP contribution in [0.25, 0.3) is 0 Å². The Hall–Kier alpha value is -3.35. The molecule has 2 aromatic carbocycles. The highest BCUT2D eigenvalue weighted by molar-refractivity contribution is 5.94. The van der Waals surface area contributed by atoms with Crippen LogP contribution >= 0.6 is 0 Å². The van der Waals surface area contributed by atoms with Gasteiger partial charge in [-0.15, -0.1) is 0 Å². The van der Waals surface area contributed by atoms with Gasteiger partial charge < -0.3 is 10.6 Å². The van der Waals surface area contributed by atoms with Gasteiger partial charge in [0, 0.05) is 18.4 Å². The number of anilines is 2. The molecule has 1 heterocycles. The molecule has 0 spiro atoms. The van der Waals surface area contributed by atoms with Gasteiger partial charge in [-0.2, -0.15) is 13.2 Å². The van der Waals surface area contributed by atoms with Crippen LogP contribution in [-0.2, 0) is 12.7 Å². The van der Waals surface area contributed by atoms with E-state index in [1.165, 1.54) is 24.5 Å². The first-order valence-corrected chi connectivity index (χ1v) is 8.54. The number of hydrogen-bond donors (Lipinski definition) is 2. The molecule has 0 atom stereocenters. The fraction of sp³-hybridized carbons (Fsp3) is 0.143. The molecule has 144 valence electrons. The summed E-state index contributed by atoms with van der Waals surface area (Å²) >= 11 is 0. The molecular formula is C21H18F3N3O. The zero-order valence-corrected chi connectivity index (χ0v) is 15.0. The van der Waals surface area contributed by atoms with Gasteiger partial charge in [0.05, 0.1) is 23.0 Å². The average molecular weight is 385 g/mol. The number of amides is 1. The number of halogens is 3. The number of rotatable bonds is 5. The van der Waals surface area contributed by atoms with Crippen molar-refractivity contribution in [3.63, 3.8) is 0 Å². The Morgan fingerprint density at radius 2 is 1.79 bits per heavy atom. The van der Waals surface area contributed by atoms with E-state index in [0.29, 0.717) is 17.8 Å². The molecule has 28 heavy (non-hydrogen) atoms. The van der Waals surface area contributed by atoms with Crippen LogP contribution in [0, 0.1) is 6.92 Å². The van der Waals surface area contributed by atoms with Crippen LogP contribution < -0.4 is 10.6 Å². The van der Waals surface area contributed by atoms with E-state index in [1.54, 1.807) is 6.07 Å². The summed E-state index contributed by atoms with van der Waals surface area (Å²) in [5.41, 5.74) is 2.30. The highest BCUT2D eigenvalue weighted by Crippen LogP contribution is 2.31. The standard InChI is InChI=1S/C21H18F3N3O/c1-14-4-2-5-15(8-14)11-26-20(28)16-9-19(13-25-12-16)27-18-7-3-6-17(10-18)21(22,23)24/h2-10,12-13,27H,11H2,1H3,(H,26,28). The SMILES string of the molecule is Cc1cccc(CNC(=O)c2cncc(Nc3cccc(C(F)(F)F)c3)c2)c1. The summed E-state index contributed by atoms with van der Waals surface area (Å²) in [4.78, 5) is 16.4. The molecule has 2 N–H and O–H groups in total. The maximum Gasteiger partial charge on any atom is 0.416 e. The number of carbonyl (C=O) groups excluding carboxylic acids is 1. The van der Waals surface area contributed by atoms with Crippen LogP contribution in [0.2, 0.25) is 0 Å². The van der Waals surface area contributed by atoms with Crippen LogP contribution in [-0.4, -0.2) is 10.9 Å². The molecule has 4 nitrogen and oxygen atoms in total. The molecule has 0 bridgehead atoms. The second-order valence-electron chi connectivity index (χ2n) is 6.34. The average Bonchev–Trinajstić information content (AvgIpc) is 2.66. The molecule has 0 radical (unpaired) electrons. The van der Waals surface area contributed by atoms with E-state index in [-0.39, 0.29) is 11.6 Å². The number of nitrogens with zero attached hydrogens (tertiary/aromatic N) is 1. The summed E-state index contributed by atoms with van der Waals surface area (Å²) in [5.74, 6) is -0.318. The van der Waals surface area contributed by atoms with E-state index in [1.807, 2.05) is 31.2 Å². The van der Waals surface area contributed by atoms with Crippen LogP contribution in [0.1, 0.15) is 27.0 Å². The van der Waals surface area contributed by atoms with Gasteiger partial charge in [0.25, 0.3) is 5.91 Å². The van der Waals surface area contributed by atoms with Gasteiger partial charge in [-0.3, -0.25) is 9.78 Å². The number of alkyl halides is 3. The number of benzene rings is 2. The number of aromatic nitrogens is 1. The predicted molar refractivity (Wildman–Crippen MR) is 101 cm³/mol. The minimum atomic E-state index is -4.42. The van der Waals surface area contributed by atoms with Crippen molar-refractivity contribution in [2.24, 2.45) is 0 Å². The third-order valence-electron chi connectivity index (χ3n) is 4.01.